The van der Waals surface area contributed by atoms with E-state index in [4.69, 9.17) is 5.73 Å². The summed E-state index contributed by atoms with van der Waals surface area (Å²) in [4.78, 5) is 0. The summed E-state index contributed by atoms with van der Waals surface area (Å²) >= 11 is 0. The summed E-state index contributed by atoms with van der Waals surface area (Å²) in [5.74, 6) is -0.249. The van der Waals surface area contributed by atoms with Crippen molar-refractivity contribution in [3.63, 3.8) is 0 Å². The van der Waals surface area contributed by atoms with Gasteiger partial charge in [-0.1, -0.05) is 6.07 Å². The van der Waals surface area contributed by atoms with Gasteiger partial charge in [-0.05, 0) is 44.2 Å². The number of halogens is 1. The lowest BCUT2D eigenvalue weighted by Crippen LogP contribution is -2.22. The zero-order valence-corrected chi connectivity index (χ0v) is 8.89. The summed E-state index contributed by atoms with van der Waals surface area (Å²) in [5.41, 5.74) is 6.96. The smallest absolute Gasteiger partial charge is 0.130 e. The van der Waals surface area contributed by atoms with Gasteiger partial charge in [-0.25, -0.2) is 4.39 Å². The largest absolute Gasteiger partial charge is 0.507 e. The van der Waals surface area contributed by atoms with Gasteiger partial charge in [0.05, 0.1) is 0 Å². The third kappa shape index (κ3) is 2.12. The molecule has 3 N–H and O–H groups in total. The van der Waals surface area contributed by atoms with Crippen molar-refractivity contribution in [1.29, 1.82) is 0 Å². The second-order valence-electron chi connectivity index (χ2n) is 4.55. The minimum absolute atomic E-state index is 0.0826. The average Bonchev–Trinajstić information content (AvgIpc) is 2.91. The Kier molecular flexibility index (Phi) is 2.43. The van der Waals surface area contributed by atoms with E-state index in [2.05, 4.69) is 0 Å². The molecule has 0 radical (unpaired) electrons. The fourth-order valence-electron chi connectivity index (χ4n) is 1.75. The molecular formula is C12H16FNO. The van der Waals surface area contributed by atoms with Gasteiger partial charge in [-0.3, -0.25) is 0 Å². The number of aromatic hydroxyl groups is 1. The van der Waals surface area contributed by atoms with Crippen molar-refractivity contribution >= 4 is 0 Å². The molecular weight excluding hydrogens is 193 g/mol. The molecule has 0 aliphatic heterocycles. The van der Waals surface area contributed by atoms with Crippen LogP contribution in [-0.2, 0) is 6.42 Å². The highest BCUT2D eigenvalue weighted by molar-refractivity contribution is 5.40. The number of hydrogen-bond donors (Lipinski definition) is 2. The summed E-state index contributed by atoms with van der Waals surface area (Å²) in [6.07, 6.45) is 3.30. The number of aryl methyl sites for hydroxylation is 1. The second-order valence-corrected chi connectivity index (χ2v) is 4.55. The van der Waals surface area contributed by atoms with Gasteiger partial charge >= 0.3 is 0 Å². The van der Waals surface area contributed by atoms with Crippen LogP contribution in [0.5, 0.6) is 5.75 Å². The van der Waals surface area contributed by atoms with E-state index in [1.807, 2.05) is 0 Å². The molecule has 2 rings (SSSR count). The molecule has 1 aromatic rings. The highest BCUT2D eigenvalue weighted by Gasteiger charge is 2.37. The molecule has 0 amide bonds. The predicted molar refractivity (Wildman–Crippen MR) is 57.3 cm³/mol. The molecule has 0 saturated heterocycles. The molecule has 0 heterocycles. The summed E-state index contributed by atoms with van der Waals surface area (Å²) in [5, 5.41) is 9.71. The van der Waals surface area contributed by atoms with Crippen LogP contribution >= 0.6 is 0 Å². The quantitative estimate of drug-likeness (QED) is 0.802. The van der Waals surface area contributed by atoms with Crippen LogP contribution in [0.1, 0.15) is 30.4 Å². The third-order valence-electron chi connectivity index (χ3n) is 3.19. The van der Waals surface area contributed by atoms with Gasteiger partial charge in [0.2, 0.25) is 0 Å². The van der Waals surface area contributed by atoms with Crippen LogP contribution in [0.2, 0.25) is 0 Å². The van der Waals surface area contributed by atoms with Crippen LogP contribution in [0.3, 0.4) is 0 Å². The zero-order chi connectivity index (χ0) is 11.1. The molecule has 1 aromatic carbocycles. The fraction of sp³-hybridized carbons (Fsp3) is 0.500. The van der Waals surface area contributed by atoms with Gasteiger partial charge in [-0.2, -0.15) is 0 Å². The minimum Gasteiger partial charge on any atom is -0.507 e. The summed E-state index contributed by atoms with van der Waals surface area (Å²) in [7, 11) is 0. The van der Waals surface area contributed by atoms with Crippen molar-refractivity contribution in [2.75, 3.05) is 0 Å². The molecule has 1 saturated carbocycles. The first-order valence-electron chi connectivity index (χ1n) is 5.28. The number of nitrogens with two attached hydrogens (primary N) is 1. The fourth-order valence-corrected chi connectivity index (χ4v) is 1.75. The number of rotatable bonds is 3. The molecule has 1 fully saturated rings. The first kappa shape index (κ1) is 10.4. The van der Waals surface area contributed by atoms with Crippen LogP contribution in [0.25, 0.3) is 0 Å². The molecule has 0 spiro atoms. The highest BCUT2D eigenvalue weighted by Crippen LogP contribution is 2.38. The maximum atomic E-state index is 13.4. The summed E-state index contributed by atoms with van der Waals surface area (Å²) in [6.45, 7) is 1.77. The van der Waals surface area contributed by atoms with E-state index in [1.54, 1.807) is 13.0 Å². The Morgan fingerprint density at radius 1 is 1.47 bits per heavy atom. The van der Waals surface area contributed by atoms with Crippen molar-refractivity contribution in [3.8, 4) is 5.75 Å². The van der Waals surface area contributed by atoms with Crippen LogP contribution in [-0.4, -0.2) is 10.6 Å². The van der Waals surface area contributed by atoms with Gasteiger partial charge in [0, 0.05) is 11.1 Å². The molecule has 1 aliphatic rings. The van der Waals surface area contributed by atoms with Crippen LogP contribution in [0.15, 0.2) is 12.1 Å². The van der Waals surface area contributed by atoms with Gasteiger partial charge in [0.25, 0.3) is 0 Å². The molecule has 15 heavy (non-hydrogen) atoms. The number of benzene rings is 1. The van der Waals surface area contributed by atoms with Crippen molar-refractivity contribution in [3.05, 3.63) is 29.1 Å². The van der Waals surface area contributed by atoms with Gasteiger partial charge < -0.3 is 10.8 Å². The molecule has 0 atom stereocenters. The summed E-state index contributed by atoms with van der Waals surface area (Å²) < 4.78 is 13.4. The minimum atomic E-state index is -0.331. The Morgan fingerprint density at radius 2 is 2.13 bits per heavy atom. The van der Waals surface area contributed by atoms with E-state index >= 15 is 0 Å². The Labute approximate surface area is 88.9 Å². The highest BCUT2D eigenvalue weighted by atomic mass is 19.1. The predicted octanol–water partition coefficient (Wildman–Crippen LogP) is 2.26. The number of phenolic OH excluding ortho intramolecular Hbond substituents is 1. The van der Waals surface area contributed by atoms with Crippen molar-refractivity contribution in [2.45, 2.75) is 38.1 Å². The van der Waals surface area contributed by atoms with Crippen LogP contribution < -0.4 is 5.73 Å². The van der Waals surface area contributed by atoms with E-state index in [-0.39, 0.29) is 17.1 Å². The monoisotopic (exact) mass is 209 g/mol. The maximum absolute atomic E-state index is 13.4. The molecule has 0 aromatic heterocycles. The molecule has 82 valence electrons. The van der Waals surface area contributed by atoms with Crippen molar-refractivity contribution < 1.29 is 9.50 Å². The first-order valence-corrected chi connectivity index (χ1v) is 5.28. The van der Waals surface area contributed by atoms with Crippen molar-refractivity contribution in [2.24, 2.45) is 5.73 Å². The van der Waals surface area contributed by atoms with Crippen LogP contribution in [0, 0.1) is 12.7 Å². The molecule has 3 heteroatoms. The molecule has 2 nitrogen and oxygen atoms in total. The Bertz CT molecular complexity index is 385. The second kappa shape index (κ2) is 3.49. The standard InChI is InChI=1S/C12H16FNO/c1-8-2-3-10(13)9(11(8)15)4-5-12(14)6-7-12/h2-3,15H,4-7,14H2,1H3. The molecule has 1 aliphatic carbocycles. The number of phenols is 1. The van der Waals surface area contributed by atoms with Crippen LogP contribution in [0.4, 0.5) is 4.39 Å². The number of hydrogen-bond acceptors (Lipinski definition) is 2. The molecule has 0 bridgehead atoms. The van der Waals surface area contributed by atoms with E-state index in [9.17, 15) is 9.50 Å². The van der Waals surface area contributed by atoms with Gasteiger partial charge in [0.1, 0.15) is 11.6 Å². The Hall–Kier alpha value is -1.09. The zero-order valence-electron chi connectivity index (χ0n) is 8.89. The SMILES string of the molecule is Cc1ccc(F)c(CCC2(N)CC2)c1O. The Morgan fingerprint density at radius 3 is 2.73 bits per heavy atom. The van der Waals surface area contributed by atoms with Crippen molar-refractivity contribution in [1.82, 2.24) is 0 Å². The lowest BCUT2D eigenvalue weighted by Gasteiger charge is -2.11. The normalized spacial score (nSPS) is 17.8. The van der Waals surface area contributed by atoms with E-state index in [1.165, 1.54) is 6.07 Å². The maximum Gasteiger partial charge on any atom is 0.130 e. The van der Waals surface area contributed by atoms with Gasteiger partial charge in [0.15, 0.2) is 0 Å². The topological polar surface area (TPSA) is 46.2 Å². The third-order valence-corrected chi connectivity index (χ3v) is 3.19. The van der Waals surface area contributed by atoms with Gasteiger partial charge in [-0.15, -0.1) is 0 Å². The average molecular weight is 209 g/mol. The Balaban J connectivity index is 2.16. The lowest BCUT2D eigenvalue weighted by atomic mass is 10.0. The lowest BCUT2D eigenvalue weighted by molar-refractivity contribution is 0.449. The van der Waals surface area contributed by atoms with E-state index in [0.717, 1.165) is 19.3 Å². The van der Waals surface area contributed by atoms with E-state index in [0.29, 0.717) is 17.5 Å². The first-order chi connectivity index (χ1) is 7.02. The van der Waals surface area contributed by atoms with E-state index < -0.39 is 0 Å². The molecule has 0 unspecified atom stereocenters. The summed E-state index contributed by atoms with van der Waals surface area (Å²) in [6, 6.07) is 2.99.